The quantitative estimate of drug-likeness (QED) is 0.927. The van der Waals surface area contributed by atoms with E-state index in [0.29, 0.717) is 11.4 Å². The standard InChI is InChI=1S/C16H19N3OS/c1-3-12-8-11(9-15(17)18-12)16(20)19-6-4-14-13(10(19)2)5-7-21-14/h5,7-10H,3-4,6H2,1-2H3,(H2,17,18). The Morgan fingerprint density at radius 3 is 3.10 bits per heavy atom. The summed E-state index contributed by atoms with van der Waals surface area (Å²) in [5.74, 6) is 0.460. The average Bonchev–Trinajstić information content (AvgIpc) is 2.95. The van der Waals surface area contributed by atoms with Crippen LogP contribution in [0.4, 0.5) is 5.82 Å². The molecule has 5 heteroatoms. The molecule has 0 aromatic carbocycles. The summed E-state index contributed by atoms with van der Waals surface area (Å²) in [6.07, 6.45) is 1.71. The van der Waals surface area contributed by atoms with E-state index in [0.717, 1.165) is 25.1 Å². The van der Waals surface area contributed by atoms with Gasteiger partial charge in [0.05, 0.1) is 6.04 Å². The molecule has 0 fully saturated rings. The van der Waals surface area contributed by atoms with Crippen molar-refractivity contribution in [2.45, 2.75) is 32.7 Å². The summed E-state index contributed by atoms with van der Waals surface area (Å²) in [6.45, 7) is 4.86. The van der Waals surface area contributed by atoms with Crippen LogP contribution in [0.5, 0.6) is 0 Å². The van der Waals surface area contributed by atoms with Gasteiger partial charge in [-0.25, -0.2) is 4.98 Å². The molecule has 0 saturated carbocycles. The molecule has 0 radical (unpaired) electrons. The highest BCUT2D eigenvalue weighted by Gasteiger charge is 2.29. The van der Waals surface area contributed by atoms with Gasteiger partial charge in [-0.3, -0.25) is 4.79 Å². The van der Waals surface area contributed by atoms with E-state index in [2.05, 4.69) is 23.4 Å². The molecule has 2 aromatic heterocycles. The highest BCUT2D eigenvalue weighted by molar-refractivity contribution is 7.10. The van der Waals surface area contributed by atoms with Crippen molar-refractivity contribution in [3.63, 3.8) is 0 Å². The minimum atomic E-state index is 0.0446. The first-order valence-electron chi connectivity index (χ1n) is 7.23. The van der Waals surface area contributed by atoms with Gasteiger partial charge < -0.3 is 10.6 Å². The molecule has 0 aliphatic carbocycles. The van der Waals surface area contributed by atoms with Crippen LogP contribution in [0.15, 0.2) is 23.6 Å². The third kappa shape index (κ3) is 2.53. The minimum absolute atomic E-state index is 0.0446. The number of aryl methyl sites for hydroxylation is 1. The Labute approximate surface area is 128 Å². The number of thiophene rings is 1. The lowest BCUT2D eigenvalue weighted by molar-refractivity contribution is 0.0679. The SMILES string of the molecule is CCc1cc(C(=O)N2CCc3sccc3C2C)cc(N)n1. The third-order valence-electron chi connectivity index (χ3n) is 4.05. The lowest BCUT2D eigenvalue weighted by Gasteiger charge is -2.33. The number of hydrogen-bond acceptors (Lipinski definition) is 4. The molecule has 0 spiro atoms. The zero-order valence-corrected chi connectivity index (χ0v) is 13.1. The molecule has 2 N–H and O–H groups in total. The molecule has 0 saturated heterocycles. The Morgan fingerprint density at radius 2 is 2.33 bits per heavy atom. The maximum Gasteiger partial charge on any atom is 0.254 e. The van der Waals surface area contributed by atoms with Gasteiger partial charge in [-0.05, 0) is 48.9 Å². The predicted molar refractivity (Wildman–Crippen MR) is 85.5 cm³/mol. The molecule has 3 heterocycles. The van der Waals surface area contributed by atoms with E-state index in [1.54, 1.807) is 17.4 Å². The van der Waals surface area contributed by atoms with Crippen molar-refractivity contribution in [2.75, 3.05) is 12.3 Å². The number of carbonyl (C=O) groups is 1. The molecule has 0 bridgehead atoms. The number of carbonyl (C=O) groups excluding carboxylic acids is 1. The van der Waals surface area contributed by atoms with Crippen molar-refractivity contribution in [1.82, 2.24) is 9.88 Å². The summed E-state index contributed by atoms with van der Waals surface area (Å²) < 4.78 is 0. The number of rotatable bonds is 2. The number of aromatic nitrogens is 1. The average molecular weight is 301 g/mol. The zero-order valence-electron chi connectivity index (χ0n) is 12.3. The number of hydrogen-bond donors (Lipinski definition) is 1. The fourth-order valence-corrected chi connectivity index (χ4v) is 3.83. The largest absolute Gasteiger partial charge is 0.384 e. The Bertz CT molecular complexity index is 680. The van der Waals surface area contributed by atoms with Gasteiger partial charge in [0.2, 0.25) is 0 Å². The fourth-order valence-electron chi connectivity index (χ4n) is 2.87. The highest BCUT2D eigenvalue weighted by atomic mass is 32.1. The summed E-state index contributed by atoms with van der Waals surface area (Å²) in [7, 11) is 0. The zero-order chi connectivity index (χ0) is 15.0. The molecule has 2 aromatic rings. The van der Waals surface area contributed by atoms with Crippen molar-refractivity contribution in [3.8, 4) is 0 Å². The van der Waals surface area contributed by atoms with Gasteiger partial charge in [-0.1, -0.05) is 6.92 Å². The third-order valence-corrected chi connectivity index (χ3v) is 5.04. The second kappa shape index (κ2) is 5.48. The Balaban J connectivity index is 1.91. The predicted octanol–water partition coefficient (Wildman–Crippen LogP) is 3.05. The van der Waals surface area contributed by atoms with E-state index in [4.69, 9.17) is 5.73 Å². The van der Waals surface area contributed by atoms with Crippen LogP contribution in [-0.4, -0.2) is 22.3 Å². The molecule has 1 aliphatic rings. The minimum Gasteiger partial charge on any atom is -0.384 e. The number of anilines is 1. The van der Waals surface area contributed by atoms with Gasteiger partial charge in [0.15, 0.2) is 0 Å². The first-order chi connectivity index (χ1) is 10.1. The van der Waals surface area contributed by atoms with Gasteiger partial charge in [-0.15, -0.1) is 11.3 Å². The van der Waals surface area contributed by atoms with Gasteiger partial charge in [0.25, 0.3) is 5.91 Å². The van der Waals surface area contributed by atoms with E-state index < -0.39 is 0 Å². The first kappa shape index (κ1) is 14.1. The van der Waals surface area contributed by atoms with Crippen LogP contribution in [0, 0.1) is 0 Å². The molecule has 3 rings (SSSR count). The molecule has 1 atom stereocenters. The molecule has 1 unspecified atom stereocenters. The van der Waals surface area contributed by atoms with Crippen molar-refractivity contribution in [2.24, 2.45) is 0 Å². The molecule has 110 valence electrons. The number of fused-ring (bicyclic) bond motifs is 1. The van der Waals surface area contributed by atoms with Crippen LogP contribution in [0.1, 0.15) is 46.4 Å². The van der Waals surface area contributed by atoms with Crippen LogP contribution in [0.3, 0.4) is 0 Å². The molecule has 4 nitrogen and oxygen atoms in total. The smallest absolute Gasteiger partial charge is 0.254 e. The number of pyridine rings is 1. The molecular weight excluding hydrogens is 282 g/mol. The van der Waals surface area contributed by atoms with Gasteiger partial charge in [-0.2, -0.15) is 0 Å². The van der Waals surface area contributed by atoms with Gasteiger partial charge >= 0.3 is 0 Å². The van der Waals surface area contributed by atoms with Crippen molar-refractivity contribution in [3.05, 3.63) is 45.3 Å². The van der Waals surface area contributed by atoms with Gasteiger partial charge in [0.1, 0.15) is 5.82 Å². The maximum atomic E-state index is 12.8. The Kier molecular flexibility index (Phi) is 3.68. The fraction of sp³-hybridized carbons (Fsp3) is 0.375. The second-order valence-corrected chi connectivity index (χ2v) is 6.35. The van der Waals surface area contributed by atoms with E-state index in [1.165, 1.54) is 10.4 Å². The normalized spacial score (nSPS) is 17.6. The molecule has 21 heavy (non-hydrogen) atoms. The van der Waals surface area contributed by atoms with Crippen LogP contribution >= 0.6 is 11.3 Å². The van der Waals surface area contributed by atoms with Crippen LogP contribution < -0.4 is 5.73 Å². The summed E-state index contributed by atoms with van der Waals surface area (Å²) in [6, 6.07) is 5.78. The number of nitrogen functional groups attached to an aromatic ring is 1. The molecule has 1 amide bonds. The lowest BCUT2D eigenvalue weighted by atomic mass is 10.0. The Morgan fingerprint density at radius 1 is 1.52 bits per heavy atom. The van der Waals surface area contributed by atoms with Gasteiger partial charge in [0, 0.05) is 22.7 Å². The van der Waals surface area contributed by atoms with E-state index in [-0.39, 0.29) is 11.9 Å². The molecule has 1 aliphatic heterocycles. The van der Waals surface area contributed by atoms with Crippen LogP contribution in [0.2, 0.25) is 0 Å². The maximum absolute atomic E-state index is 12.8. The van der Waals surface area contributed by atoms with E-state index in [9.17, 15) is 4.79 Å². The summed E-state index contributed by atoms with van der Waals surface area (Å²) in [5, 5.41) is 2.11. The van der Waals surface area contributed by atoms with Crippen molar-refractivity contribution >= 4 is 23.1 Å². The lowest BCUT2D eigenvalue weighted by Crippen LogP contribution is -2.38. The van der Waals surface area contributed by atoms with Crippen LogP contribution in [-0.2, 0) is 12.8 Å². The first-order valence-corrected chi connectivity index (χ1v) is 8.11. The molecular formula is C16H19N3OS. The number of nitrogens with zero attached hydrogens (tertiary/aromatic N) is 2. The topological polar surface area (TPSA) is 59.2 Å². The Hall–Kier alpha value is -1.88. The number of nitrogens with two attached hydrogens (primary N) is 1. The summed E-state index contributed by atoms with van der Waals surface area (Å²) in [5.41, 5.74) is 8.60. The van der Waals surface area contributed by atoms with Crippen molar-refractivity contribution < 1.29 is 4.79 Å². The number of amides is 1. The summed E-state index contributed by atoms with van der Waals surface area (Å²) in [4.78, 5) is 20.4. The van der Waals surface area contributed by atoms with E-state index in [1.807, 2.05) is 17.9 Å². The van der Waals surface area contributed by atoms with Crippen molar-refractivity contribution in [1.29, 1.82) is 0 Å². The van der Waals surface area contributed by atoms with Crippen LogP contribution in [0.25, 0.3) is 0 Å². The van der Waals surface area contributed by atoms with E-state index >= 15 is 0 Å². The highest BCUT2D eigenvalue weighted by Crippen LogP contribution is 2.33. The second-order valence-electron chi connectivity index (χ2n) is 5.35. The summed E-state index contributed by atoms with van der Waals surface area (Å²) >= 11 is 1.78. The monoisotopic (exact) mass is 301 g/mol.